The summed E-state index contributed by atoms with van der Waals surface area (Å²) in [4.78, 5) is 2.44. The van der Waals surface area contributed by atoms with Crippen LogP contribution in [0.4, 0.5) is 0 Å². The van der Waals surface area contributed by atoms with Crippen molar-refractivity contribution in [2.24, 2.45) is 0 Å². The highest BCUT2D eigenvalue weighted by atomic mass is 32.2. The number of nitrogens with one attached hydrogen (secondary N) is 1. The Hall–Kier alpha value is -0.910. The highest BCUT2D eigenvalue weighted by molar-refractivity contribution is 7.92. The monoisotopic (exact) mass is 254 g/mol. The molecule has 1 aliphatic rings. The lowest BCUT2D eigenvalue weighted by Crippen LogP contribution is -2.52. The second-order valence-electron chi connectivity index (χ2n) is 4.57. The minimum absolute atomic E-state index is 0.408. The fourth-order valence-electron chi connectivity index (χ4n) is 2.02. The van der Waals surface area contributed by atoms with Crippen molar-refractivity contribution in [2.45, 2.75) is 17.2 Å². The van der Waals surface area contributed by atoms with Gasteiger partial charge in [-0.25, -0.2) is 8.42 Å². The van der Waals surface area contributed by atoms with Crippen LogP contribution >= 0.6 is 0 Å². The number of likely N-dealkylation sites (N-methyl/N-ethyl adjacent to an activating group) is 1. The topological polar surface area (TPSA) is 49.4 Å². The van der Waals surface area contributed by atoms with Crippen LogP contribution in [0.3, 0.4) is 0 Å². The van der Waals surface area contributed by atoms with Gasteiger partial charge in [-0.2, -0.15) is 0 Å². The van der Waals surface area contributed by atoms with Crippen LogP contribution in [0.1, 0.15) is 5.56 Å². The lowest BCUT2D eigenvalue weighted by molar-refractivity contribution is 0.272. The summed E-state index contributed by atoms with van der Waals surface area (Å²) < 4.78 is 24.8. The summed E-state index contributed by atoms with van der Waals surface area (Å²) in [7, 11) is -1.33. The quantitative estimate of drug-likeness (QED) is 0.841. The van der Waals surface area contributed by atoms with Gasteiger partial charge in [0.1, 0.15) is 5.37 Å². The third-order valence-electron chi connectivity index (χ3n) is 3.04. The number of hydrogen-bond acceptors (Lipinski definition) is 4. The Morgan fingerprint density at radius 1 is 1.41 bits per heavy atom. The summed E-state index contributed by atoms with van der Waals surface area (Å²) in [6.45, 7) is 4.04. The average molecular weight is 254 g/mol. The number of hydrogen-bond donors (Lipinski definition) is 1. The average Bonchev–Trinajstić information content (AvgIpc) is 2.29. The zero-order valence-corrected chi connectivity index (χ0v) is 11.0. The maximum Gasteiger partial charge on any atom is 0.195 e. The molecule has 1 aromatic carbocycles. The van der Waals surface area contributed by atoms with Crippen LogP contribution < -0.4 is 5.32 Å². The van der Waals surface area contributed by atoms with Gasteiger partial charge < -0.3 is 4.90 Å². The zero-order valence-electron chi connectivity index (χ0n) is 10.2. The first kappa shape index (κ1) is 12.5. The molecule has 4 nitrogen and oxygen atoms in total. The van der Waals surface area contributed by atoms with E-state index in [2.05, 4.69) is 5.32 Å². The van der Waals surface area contributed by atoms with Crippen molar-refractivity contribution >= 4 is 9.84 Å². The van der Waals surface area contributed by atoms with E-state index in [0.717, 1.165) is 12.1 Å². The van der Waals surface area contributed by atoms with Gasteiger partial charge in [-0.3, -0.25) is 5.32 Å². The maximum atomic E-state index is 12.4. The van der Waals surface area contributed by atoms with E-state index in [1.807, 2.05) is 24.9 Å². The minimum Gasteiger partial charge on any atom is -0.302 e. The van der Waals surface area contributed by atoms with E-state index in [1.54, 1.807) is 18.2 Å². The molecule has 1 saturated heterocycles. The normalized spacial score (nSPS) is 22.6. The summed E-state index contributed by atoms with van der Waals surface area (Å²) in [5.74, 6) is 0. The fraction of sp³-hybridized carbons (Fsp3) is 0.500. The van der Waals surface area contributed by atoms with E-state index in [9.17, 15) is 8.42 Å². The van der Waals surface area contributed by atoms with Crippen LogP contribution in [0.25, 0.3) is 0 Å². The van der Waals surface area contributed by atoms with Gasteiger partial charge in [-0.15, -0.1) is 0 Å². The summed E-state index contributed by atoms with van der Waals surface area (Å²) in [5.41, 5.74) is 0.968. The van der Waals surface area contributed by atoms with Crippen LogP contribution in [0.5, 0.6) is 0 Å². The molecule has 0 bridgehead atoms. The molecular weight excluding hydrogens is 236 g/mol. The molecule has 1 aliphatic heterocycles. The minimum atomic E-state index is -3.27. The van der Waals surface area contributed by atoms with Gasteiger partial charge in [0.25, 0.3) is 0 Å². The molecule has 94 valence electrons. The van der Waals surface area contributed by atoms with E-state index in [4.69, 9.17) is 0 Å². The number of benzene rings is 1. The second-order valence-corrected chi connectivity index (χ2v) is 6.70. The van der Waals surface area contributed by atoms with Gasteiger partial charge in [0.05, 0.1) is 4.90 Å². The van der Waals surface area contributed by atoms with Gasteiger partial charge in [0.15, 0.2) is 9.84 Å². The Kier molecular flexibility index (Phi) is 3.51. The third kappa shape index (κ3) is 2.68. The Labute approximate surface area is 103 Å². The molecule has 1 heterocycles. The van der Waals surface area contributed by atoms with Crippen LogP contribution in [0.2, 0.25) is 0 Å². The van der Waals surface area contributed by atoms with Crippen LogP contribution in [-0.2, 0) is 9.84 Å². The summed E-state index contributed by atoms with van der Waals surface area (Å²) in [5, 5.41) is 2.58. The summed E-state index contributed by atoms with van der Waals surface area (Å²) >= 11 is 0. The van der Waals surface area contributed by atoms with Crippen molar-refractivity contribution in [1.82, 2.24) is 10.2 Å². The summed E-state index contributed by atoms with van der Waals surface area (Å²) in [6, 6.07) is 7.08. The Balaban J connectivity index is 2.29. The van der Waals surface area contributed by atoms with Crippen molar-refractivity contribution in [3.05, 3.63) is 29.8 Å². The summed E-state index contributed by atoms with van der Waals surface area (Å²) in [6.07, 6.45) is 0. The predicted octanol–water partition coefficient (Wildman–Crippen LogP) is 0.630. The molecule has 0 saturated carbocycles. The molecular formula is C12H18N2O2S. The molecule has 0 aliphatic carbocycles. The largest absolute Gasteiger partial charge is 0.302 e. The van der Waals surface area contributed by atoms with Gasteiger partial charge in [0, 0.05) is 19.6 Å². The standard InChI is InChI=1S/C12H18N2O2S/c1-10-4-3-5-11(8-10)17(15,16)12-9-14(2)7-6-13-12/h3-5,8,12-13H,6-7,9H2,1-2H3. The zero-order chi connectivity index (χ0) is 12.5. The molecule has 1 unspecified atom stereocenters. The lowest BCUT2D eigenvalue weighted by atomic mass is 10.2. The molecule has 0 radical (unpaired) electrons. The highest BCUT2D eigenvalue weighted by Gasteiger charge is 2.30. The molecule has 1 aromatic rings. The Bertz CT molecular complexity index is 499. The van der Waals surface area contributed by atoms with Crippen molar-refractivity contribution in [2.75, 3.05) is 26.7 Å². The Morgan fingerprint density at radius 2 is 2.18 bits per heavy atom. The highest BCUT2D eigenvalue weighted by Crippen LogP contribution is 2.17. The number of sulfone groups is 1. The molecule has 5 heteroatoms. The van der Waals surface area contributed by atoms with Crippen LogP contribution in [-0.4, -0.2) is 45.4 Å². The molecule has 1 N–H and O–H groups in total. The van der Waals surface area contributed by atoms with E-state index >= 15 is 0 Å². The Morgan fingerprint density at radius 3 is 2.82 bits per heavy atom. The molecule has 17 heavy (non-hydrogen) atoms. The van der Waals surface area contributed by atoms with E-state index < -0.39 is 15.2 Å². The van der Waals surface area contributed by atoms with Crippen molar-refractivity contribution in [3.8, 4) is 0 Å². The van der Waals surface area contributed by atoms with Crippen LogP contribution in [0.15, 0.2) is 29.2 Å². The number of aryl methyl sites for hydroxylation is 1. The predicted molar refractivity (Wildman–Crippen MR) is 67.7 cm³/mol. The lowest BCUT2D eigenvalue weighted by Gasteiger charge is -2.30. The van der Waals surface area contributed by atoms with E-state index in [-0.39, 0.29) is 0 Å². The van der Waals surface area contributed by atoms with Crippen molar-refractivity contribution in [3.63, 3.8) is 0 Å². The first-order valence-corrected chi connectivity index (χ1v) is 7.27. The molecule has 0 aromatic heterocycles. The SMILES string of the molecule is Cc1cccc(S(=O)(=O)C2CN(C)CCN2)c1. The molecule has 2 rings (SSSR count). The van der Waals surface area contributed by atoms with Crippen molar-refractivity contribution < 1.29 is 8.42 Å². The van der Waals surface area contributed by atoms with Gasteiger partial charge in [-0.05, 0) is 31.7 Å². The van der Waals surface area contributed by atoms with E-state index in [1.165, 1.54) is 0 Å². The van der Waals surface area contributed by atoms with Gasteiger partial charge >= 0.3 is 0 Å². The number of nitrogens with zero attached hydrogens (tertiary/aromatic N) is 1. The van der Waals surface area contributed by atoms with E-state index in [0.29, 0.717) is 18.0 Å². The number of piperazine rings is 1. The molecule has 1 atom stereocenters. The number of rotatable bonds is 2. The molecule has 0 spiro atoms. The third-order valence-corrected chi connectivity index (χ3v) is 5.01. The smallest absolute Gasteiger partial charge is 0.195 e. The first-order valence-electron chi connectivity index (χ1n) is 5.72. The van der Waals surface area contributed by atoms with Crippen molar-refractivity contribution in [1.29, 1.82) is 0 Å². The molecule has 1 fully saturated rings. The van der Waals surface area contributed by atoms with Crippen LogP contribution in [0, 0.1) is 6.92 Å². The molecule has 0 amide bonds. The van der Waals surface area contributed by atoms with Gasteiger partial charge in [0.2, 0.25) is 0 Å². The van der Waals surface area contributed by atoms with Gasteiger partial charge in [-0.1, -0.05) is 12.1 Å². The maximum absolute atomic E-state index is 12.4. The second kappa shape index (κ2) is 4.76. The first-order chi connectivity index (χ1) is 8.00. The fourth-order valence-corrected chi connectivity index (χ4v) is 3.75.